The molecule has 6 nitrogen and oxygen atoms in total. The van der Waals surface area contributed by atoms with Crippen molar-refractivity contribution in [1.82, 2.24) is 9.88 Å². The van der Waals surface area contributed by atoms with Gasteiger partial charge in [-0.2, -0.15) is 0 Å². The van der Waals surface area contributed by atoms with Gasteiger partial charge in [-0.1, -0.05) is 30.3 Å². The van der Waals surface area contributed by atoms with Gasteiger partial charge in [-0.3, -0.25) is 9.69 Å². The molecule has 1 unspecified atom stereocenters. The molecule has 4 rings (SSSR count). The molecular weight excluding hydrogens is 444 g/mol. The van der Waals surface area contributed by atoms with E-state index in [2.05, 4.69) is 10.3 Å². The van der Waals surface area contributed by atoms with E-state index >= 15 is 0 Å². The molecule has 1 aliphatic heterocycles. The van der Waals surface area contributed by atoms with Gasteiger partial charge in [-0.25, -0.2) is 22.2 Å². The molecule has 1 aromatic heterocycles. The summed E-state index contributed by atoms with van der Waals surface area (Å²) < 4.78 is 50.3. The van der Waals surface area contributed by atoms with Crippen molar-refractivity contribution in [3.8, 4) is 11.3 Å². The highest BCUT2D eigenvalue weighted by Gasteiger charge is 2.32. The van der Waals surface area contributed by atoms with E-state index in [0.717, 1.165) is 17.7 Å². The Bertz CT molecular complexity index is 1190. The Hall–Kier alpha value is -2.69. The normalized spacial score (nSPS) is 17.2. The number of hydrogen-bond acceptors (Lipinski definition) is 6. The molecule has 1 atom stereocenters. The van der Waals surface area contributed by atoms with Gasteiger partial charge in [-0.15, -0.1) is 11.3 Å². The fourth-order valence-corrected chi connectivity index (χ4v) is 5.39. The molecule has 162 valence electrons. The Balaban J connectivity index is 1.55. The molecule has 1 N–H and O–H groups in total. The van der Waals surface area contributed by atoms with Crippen LogP contribution >= 0.6 is 11.3 Å². The van der Waals surface area contributed by atoms with Crippen LogP contribution in [0.5, 0.6) is 0 Å². The number of thiazole rings is 1. The van der Waals surface area contributed by atoms with Gasteiger partial charge in [0.1, 0.15) is 6.04 Å². The van der Waals surface area contributed by atoms with Gasteiger partial charge in [0, 0.05) is 24.0 Å². The maximum atomic E-state index is 13.5. The average molecular weight is 464 g/mol. The SMILES string of the molecule is O=C(Nc1nc(-c2ccc(F)c(F)c2)cs1)C(c1ccccc1)N1CCS(=O)(=O)CC1. The molecule has 2 aromatic carbocycles. The first-order chi connectivity index (χ1) is 14.8. The number of halogens is 2. The first kappa shape index (κ1) is 21.5. The van der Waals surface area contributed by atoms with Crippen molar-refractivity contribution in [3.05, 3.63) is 71.1 Å². The van der Waals surface area contributed by atoms with Crippen LogP contribution in [0.2, 0.25) is 0 Å². The van der Waals surface area contributed by atoms with Gasteiger partial charge >= 0.3 is 0 Å². The highest BCUT2D eigenvalue weighted by Crippen LogP contribution is 2.29. The minimum absolute atomic E-state index is 0.00114. The third kappa shape index (κ3) is 4.97. The Morgan fingerprint density at radius 2 is 1.77 bits per heavy atom. The predicted molar refractivity (Wildman–Crippen MR) is 116 cm³/mol. The van der Waals surface area contributed by atoms with Crippen LogP contribution in [0.4, 0.5) is 13.9 Å². The Morgan fingerprint density at radius 3 is 2.45 bits per heavy atom. The van der Waals surface area contributed by atoms with Crippen molar-refractivity contribution in [1.29, 1.82) is 0 Å². The third-order valence-electron chi connectivity index (χ3n) is 5.06. The molecule has 10 heteroatoms. The topological polar surface area (TPSA) is 79.4 Å². The Kier molecular flexibility index (Phi) is 6.12. The molecule has 1 fully saturated rings. The average Bonchev–Trinajstić information content (AvgIpc) is 3.20. The monoisotopic (exact) mass is 463 g/mol. The van der Waals surface area contributed by atoms with Gasteiger partial charge in [0.2, 0.25) is 5.91 Å². The minimum atomic E-state index is -3.09. The van der Waals surface area contributed by atoms with Crippen LogP contribution in [0, 0.1) is 11.6 Å². The van der Waals surface area contributed by atoms with Crippen LogP contribution < -0.4 is 5.32 Å². The Morgan fingerprint density at radius 1 is 1.06 bits per heavy atom. The molecule has 0 radical (unpaired) electrons. The van der Waals surface area contributed by atoms with Crippen molar-refractivity contribution >= 4 is 32.2 Å². The summed E-state index contributed by atoms with van der Waals surface area (Å²) in [5.74, 6) is -2.25. The van der Waals surface area contributed by atoms with E-state index in [4.69, 9.17) is 0 Å². The summed E-state index contributed by atoms with van der Waals surface area (Å²) in [6.07, 6.45) is 0. The molecule has 0 aliphatic carbocycles. The van der Waals surface area contributed by atoms with Crippen molar-refractivity contribution in [3.63, 3.8) is 0 Å². The number of nitrogens with zero attached hydrogens (tertiary/aromatic N) is 2. The van der Waals surface area contributed by atoms with Crippen LogP contribution in [-0.4, -0.2) is 48.8 Å². The van der Waals surface area contributed by atoms with E-state index in [1.54, 1.807) is 5.38 Å². The highest BCUT2D eigenvalue weighted by molar-refractivity contribution is 7.91. The molecular formula is C21H19F2N3O3S2. The lowest BCUT2D eigenvalue weighted by molar-refractivity contribution is -0.121. The number of benzene rings is 2. The molecule has 1 saturated heterocycles. The van der Waals surface area contributed by atoms with Crippen molar-refractivity contribution in [2.75, 3.05) is 29.9 Å². The van der Waals surface area contributed by atoms with E-state index in [1.165, 1.54) is 17.4 Å². The molecule has 0 bridgehead atoms. The fraction of sp³-hybridized carbons (Fsp3) is 0.238. The second kappa shape index (κ2) is 8.81. The zero-order valence-corrected chi connectivity index (χ0v) is 17.9. The van der Waals surface area contributed by atoms with Crippen molar-refractivity contribution in [2.45, 2.75) is 6.04 Å². The number of carbonyl (C=O) groups is 1. The van der Waals surface area contributed by atoms with Crippen LogP contribution in [0.15, 0.2) is 53.9 Å². The lowest BCUT2D eigenvalue weighted by Gasteiger charge is -2.33. The van der Waals surface area contributed by atoms with Gasteiger partial charge in [0.15, 0.2) is 26.6 Å². The number of hydrogen-bond donors (Lipinski definition) is 1. The molecule has 2 heterocycles. The number of carbonyl (C=O) groups excluding carboxylic acids is 1. The number of anilines is 1. The van der Waals surface area contributed by atoms with E-state index in [9.17, 15) is 22.0 Å². The highest BCUT2D eigenvalue weighted by atomic mass is 32.2. The zero-order valence-electron chi connectivity index (χ0n) is 16.3. The number of amides is 1. The largest absolute Gasteiger partial charge is 0.300 e. The smallest absolute Gasteiger partial charge is 0.248 e. The van der Waals surface area contributed by atoms with Gasteiger partial charge < -0.3 is 5.32 Å². The molecule has 0 spiro atoms. The van der Waals surface area contributed by atoms with Crippen molar-refractivity contribution < 1.29 is 22.0 Å². The summed E-state index contributed by atoms with van der Waals surface area (Å²) in [5.41, 5.74) is 1.56. The maximum Gasteiger partial charge on any atom is 0.248 e. The summed E-state index contributed by atoms with van der Waals surface area (Å²) in [4.78, 5) is 19.3. The lowest BCUT2D eigenvalue weighted by Crippen LogP contribution is -2.46. The predicted octanol–water partition coefficient (Wildman–Crippen LogP) is 3.50. The molecule has 1 amide bonds. The van der Waals surface area contributed by atoms with Gasteiger partial charge in [0.05, 0.1) is 17.2 Å². The summed E-state index contributed by atoms with van der Waals surface area (Å²) in [6.45, 7) is 0.514. The quantitative estimate of drug-likeness (QED) is 0.627. The van der Waals surface area contributed by atoms with Gasteiger partial charge in [-0.05, 0) is 23.8 Å². The van der Waals surface area contributed by atoms with E-state index in [0.29, 0.717) is 16.4 Å². The Labute approximate surface area is 182 Å². The van der Waals surface area contributed by atoms with Crippen molar-refractivity contribution in [2.24, 2.45) is 0 Å². The van der Waals surface area contributed by atoms with Gasteiger partial charge in [0.25, 0.3) is 0 Å². The zero-order chi connectivity index (χ0) is 22.0. The second-order valence-electron chi connectivity index (χ2n) is 7.16. The third-order valence-corrected chi connectivity index (χ3v) is 7.42. The minimum Gasteiger partial charge on any atom is -0.300 e. The number of aromatic nitrogens is 1. The summed E-state index contributed by atoms with van der Waals surface area (Å²) >= 11 is 1.17. The molecule has 3 aromatic rings. The lowest BCUT2D eigenvalue weighted by atomic mass is 10.0. The number of rotatable bonds is 5. The summed E-state index contributed by atoms with van der Waals surface area (Å²) in [7, 11) is -3.09. The van der Waals surface area contributed by atoms with Crippen LogP contribution in [-0.2, 0) is 14.6 Å². The van der Waals surface area contributed by atoms with Crippen LogP contribution in [0.1, 0.15) is 11.6 Å². The second-order valence-corrected chi connectivity index (χ2v) is 10.3. The summed E-state index contributed by atoms with van der Waals surface area (Å²) in [5, 5.41) is 4.75. The number of sulfone groups is 1. The molecule has 0 saturated carbocycles. The maximum absolute atomic E-state index is 13.5. The first-order valence-corrected chi connectivity index (χ1v) is 12.2. The van der Waals surface area contributed by atoms with E-state index < -0.39 is 27.5 Å². The summed E-state index contributed by atoms with van der Waals surface area (Å²) in [6, 6.07) is 11.9. The van der Waals surface area contributed by atoms with E-state index in [-0.39, 0.29) is 30.5 Å². The fourth-order valence-electron chi connectivity index (χ4n) is 3.44. The van der Waals surface area contributed by atoms with E-state index in [1.807, 2.05) is 35.2 Å². The number of nitrogens with one attached hydrogen (secondary N) is 1. The molecule has 31 heavy (non-hydrogen) atoms. The van der Waals surface area contributed by atoms with Crippen LogP contribution in [0.3, 0.4) is 0 Å². The molecule has 1 aliphatic rings. The standard InChI is InChI=1S/C21H19F2N3O3S2/c22-16-7-6-15(12-17(16)23)18-13-30-21(24-18)25-20(27)19(14-4-2-1-3-5-14)26-8-10-31(28,29)11-9-26/h1-7,12-13,19H,8-11H2,(H,24,25,27). The first-order valence-electron chi connectivity index (χ1n) is 9.54. The van der Waals surface area contributed by atoms with Crippen LogP contribution in [0.25, 0.3) is 11.3 Å².